The number of hydrogen-bond donors (Lipinski definition) is 1. The van der Waals surface area contributed by atoms with Crippen molar-refractivity contribution in [2.75, 3.05) is 20.0 Å². The molecule has 1 saturated heterocycles. The van der Waals surface area contributed by atoms with E-state index in [0.29, 0.717) is 16.4 Å². The number of carbonyl (C=O) groups excluding carboxylic acids is 3. The van der Waals surface area contributed by atoms with E-state index in [2.05, 4.69) is 4.74 Å². The standard InChI is InChI=1S/C19H20N2O6S2/c1-25-12-5-3-11(4-6-12)9-27-19(24)16-13(28-8-7-14(22)26-2)10-29-18-15(20)17(23)21(16)18/h3-8,15,18H,9-10,20H2,1-2H3/b8-7-/t15-,18+/m1/s1. The summed E-state index contributed by atoms with van der Waals surface area (Å²) in [4.78, 5) is 38.3. The van der Waals surface area contributed by atoms with Crippen molar-refractivity contribution in [1.29, 1.82) is 0 Å². The number of amides is 1. The molecule has 2 heterocycles. The number of nitrogens with two attached hydrogens (primary N) is 1. The Hall–Kier alpha value is -2.43. The van der Waals surface area contributed by atoms with E-state index in [1.165, 1.54) is 47.0 Å². The SMILES string of the molecule is COC(=O)/C=C\SC1=C(C(=O)OCc2ccc(OC)cc2)N2C(=O)[C@@H](N)[C@@H]2SC1. The topological polar surface area (TPSA) is 108 Å². The number of methoxy groups -OCH3 is 2. The van der Waals surface area contributed by atoms with Crippen molar-refractivity contribution in [3.8, 4) is 5.75 Å². The lowest BCUT2D eigenvalue weighted by Crippen LogP contribution is -2.68. The molecule has 0 saturated carbocycles. The smallest absolute Gasteiger partial charge is 0.356 e. The molecule has 0 spiro atoms. The quantitative estimate of drug-likeness (QED) is 0.387. The third kappa shape index (κ3) is 4.60. The fourth-order valence-corrected chi connectivity index (χ4v) is 5.00. The highest BCUT2D eigenvalue weighted by molar-refractivity contribution is 8.08. The van der Waals surface area contributed by atoms with E-state index < -0.39 is 18.0 Å². The fraction of sp³-hybridized carbons (Fsp3) is 0.316. The molecule has 1 aromatic rings. The van der Waals surface area contributed by atoms with Crippen molar-refractivity contribution in [1.82, 2.24) is 4.90 Å². The number of hydrogen-bond acceptors (Lipinski definition) is 9. The van der Waals surface area contributed by atoms with Crippen LogP contribution in [0.1, 0.15) is 5.56 Å². The number of nitrogens with zero attached hydrogens (tertiary/aromatic N) is 1. The molecule has 1 aromatic carbocycles. The van der Waals surface area contributed by atoms with Crippen LogP contribution in [0.3, 0.4) is 0 Å². The monoisotopic (exact) mass is 436 g/mol. The van der Waals surface area contributed by atoms with Crippen molar-refractivity contribution in [3.63, 3.8) is 0 Å². The summed E-state index contributed by atoms with van der Waals surface area (Å²) < 4.78 is 15.1. The van der Waals surface area contributed by atoms with Gasteiger partial charge >= 0.3 is 11.9 Å². The van der Waals surface area contributed by atoms with Crippen molar-refractivity contribution in [3.05, 3.63) is 51.9 Å². The van der Waals surface area contributed by atoms with Gasteiger partial charge < -0.3 is 19.9 Å². The van der Waals surface area contributed by atoms with E-state index in [1.54, 1.807) is 31.4 Å². The zero-order valence-corrected chi connectivity index (χ0v) is 17.5. The van der Waals surface area contributed by atoms with E-state index in [-0.39, 0.29) is 23.6 Å². The predicted octanol–water partition coefficient (Wildman–Crippen LogP) is 1.61. The van der Waals surface area contributed by atoms with Crippen molar-refractivity contribution < 1.29 is 28.6 Å². The van der Waals surface area contributed by atoms with Gasteiger partial charge in [-0.1, -0.05) is 23.9 Å². The second-order valence-electron chi connectivity index (χ2n) is 6.08. The lowest BCUT2D eigenvalue weighted by molar-refractivity contribution is -0.151. The van der Waals surface area contributed by atoms with Gasteiger partial charge in [-0.3, -0.25) is 9.69 Å². The molecule has 0 aromatic heterocycles. The summed E-state index contributed by atoms with van der Waals surface area (Å²) in [6.07, 6.45) is 1.25. The molecule has 3 rings (SSSR count). The van der Waals surface area contributed by atoms with E-state index >= 15 is 0 Å². The van der Waals surface area contributed by atoms with Gasteiger partial charge in [0.05, 0.1) is 14.2 Å². The average molecular weight is 437 g/mol. The van der Waals surface area contributed by atoms with Crippen LogP contribution in [0.4, 0.5) is 0 Å². The van der Waals surface area contributed by atoms with E-state index in [9.17, 15) is 14.4 Å². The fourth-order valence-electron chi connectivity index (χ4n) is 2.75. The zero-order valence-electron chi connectivity index (χ0n) is 15.8. The lowest BCUT2D eigenvalue weighted by Gasteiger charge is -2.48. The van der Waals surface area contributed by atoms with Gasteiger partial charge in [0.1, 0.15) is 29.5 Å². The lowest BCUT2D eigenvalue weighted by atomic mass is 10.1. The molecule has 0 aliphatic carbocycles. The molecule has 0 bridgehead atoms. The molecule has 29 heavy (non-hydrogen) atoms. The van der Waals surface area contributed by atoms with Crippen LogP contribution in [0.15, 0.2) is 46.4 Å². The first kappa shape index (κ1) is 21.3. The van der Waals surface area contributed by atoms with Crippen LogP contribution in [0.25, 0.3) is 0 Å². The Morgan fingerprint density at radius 1 is 1.31 bits per heavy atom. The summed E-state index contributed by atoms with van der Waals surface area (Å²) in [7, 11) is 2.85. The van der Waals surface area contributed by atoms with Gasteiger partial charge in [0.15, 0.2) is 0 Å². The molecule has 2 aliphatic rings. The van der Waals surface area contributed by atoms with E-state index in [1.807, 2.05) is 0 Å². The summed E-state index contributed by atoms with van der Waals surface area (Å²) in [6.45, 7) is 0.0498. The Kier molecular flexibility index (Phi) is 6.88. The Bertz CT molecular complexity index is 868. The summed E-state index contributed by atoms with van der Waals surface area (Å²) in [6, 6.07) is 6.49. The molecule has 2 aliphatic heterocycles. The molecule has 2 N–H and O–H groups in total. The zero-order chi connectivity index (χ0) is 21.0. The minimum atomic E-state index is -0.637. The number of carbonyl (C=O) groups is 3. The minimum Gasteiger partial charge on any atom is -0.497 e. The Morgan fingerprint density at radius 3 is 2.69 bits per heavy atom. The van der Waals surface area contributed by atoms with Crippen molar-refractivity contribution in [2.24, 2.45) is 5.73 Å². The highest BCUT2D eigenvalue weighted by Crippen LogP contribution is 2.43. The maximum atomic E-state index is 12.8. The van der Waals surface area contributed by atoms with Gasteiger partial charge in [-0.25, -0.2) is 9.59 Å². The van der Waals surface area contributed by atoms with E-state index in [0.717, 1.165) is 5.56 Å². The average Bonchev–Trinajstić information content (AvgIpc) is 2.76. The van der Waals surface area contributed by atoms with Gasteiger partial charge in [-0.2, -0.15) is 0 Å². The van der Waals surface area contributed by atoms with Crippen LogP contribution in [0.2, 0.25) is 0 Å². The molecule has 1 fully saturated rings. The second kappa shape index (κ2) is 9.38. The first-order valence-electron chi connectivity index (χ1n) is 8.61. The van der Waals surface area contributed by atoms with Crippen LogP contribution in [0.5, 0.6) is 5.75 Å². The number of ether oxygens (including phenoxy) is 3. The van der Waals surface area contributed by atoms with Crippen LogP contribution in [-0.4, -0.2) is 54.1 Å². The third-order valence-corrected chi connectivity index (χ3v) is 6.69. The number of β-lactam (4-membered cyclic amide) rings is 1. The molecule has 154 valence electrons. The number of rotatable bonds is 7. The van der Waals surface area contributed by atoms with Crippen LogP contribution >= 0.6 is 23.5 Å². The van der Waals surface area contributed by atoms with Crippen molar-refractivity contribution in [2.45, 2.75) is 18.0 Å². The van der Waals surface area contributed by atoms with Gasteiger partial charge in [-0.05, 0) is 23.1 Å². The summed E-state index contributed by atoms with van der Waals surface area (Å²) >= 11 is 2.64. The highest BCUT2D eigenvalue weighted by atomic mass is 32.2. The Balaban J connectivity index is 1.76. The molecule has 2 atom stereocenters. The largest absolute Gasteiger partial charge is 0.497 e. The summed E-state index contributed by atoms with van der Waals surface area (Å²) in [5, 5.41) is 1.23. The van der Waals surface area contributed by atoms with Gasteiger partial charge in [0.25, 0.3) is 0 Å². The third-order valence-electron chi connectivity index (χ3n) is 4.31. The van der Waals surface area contributed by atoms with Crippen LogP contribution < -0.4 is 10.5 Å². The molecule has 0 radical (unpaired) electrons. The highest BCUT2D eigenvalue weighted by Gasteiger charge is 2.52. The normalized spacial score (nSPS) is 20.9. The molecule has 10 heteroatoms. The number of benzene rings is 1. The summed E-state index contributed by atoms with van der Waals surface area (Å²) in [5.41, 5.74) is 6.81. The maximum absolute atomic E-state index is 12.8. The molecule has 1 amide bonds. The molecular weight excluding hydrogens is 416 g/mol. The number of esters is 2. The van der Waals surface area contributed by atoms with E-state index in [4.69, 9.17) is 15.2 Å². The van der Waals surface area contributed by atoms with Crippen LogP contribution in [-0.2, 0) is 30.5 Å². The minimum absolute atomic E-state index is 0.0498. The van der Waals surface area contributed by atoms with Gasteiger partial charge in [0, 0.05) is 16.7 Å². The predicted molar refractivity (Wildman–Crippen MR) is 110 cm³/mol. The van der Waals surface area contributed by atoms with Gasteiger partial charge in [0.2, 0.25) is 5.91 Å². The molecule has 8 nitrogen and oxygen atoms in total. The number of thioether (sulfide) groups is 2. The Morgan fingerprint density at radius 2 is 2.03 bits per heavy atom. The van der Waals surface area contributed by atoms with Gasteiger partial charge in [-0.15, -0.1) is 11.8 Å². The van der Waals surface area contributed by atoms with Crippen LogP contribution in [0, 0.1) is 0 Å². The van der Waals surface area contributed by atoms with Crippen molar-refractivity contribution >= 4 is 41.4 Å². The first-order chi connectivity index (χ1) is 14.0. The number of fused-ring (bicyclic) bond motifs is 1. The second-order valence-corrected chi connectivity index (χ2v) is 8.18. The Labute approximate surface area is 176 Å². The molecular formula is C19H20N2O6S2. The molecule has 0 unspecified atom stereocenters. The summed E-state index contributed by atoms with van der Waals surface area (Å²) in [5.74, 6) is -0.268. The maximum Gasteiger partial charge on any atom is 0.356 e. The first-order valence-corrected chi connectivity index (χ1v) is 10.5.